The zero-order valence-corrected chi connectivity index (χ0v) is 13.6. The summed E-state index contributed by atoms with van der Waals surface area (Å²) in [7, 11) is 0. The number of nitro groups is 1. The highest BCUT2D eigenvalue weighted by molar-refractivity contribution is 5.81. The summed E-state index contributed by atoms with van der Waals surface area (Å²) in [6.45, 7) is 2.20. The lowest BCUT2D eigenvalue weighted by Gasteiger charge is -2.38. The molecule has 130 valence electrons. The normalized spacial score (nSPS) is 16.4. The molecule has 2 N–H and O–H groups in total. The summed E-state index contributed by atoms with van der Waals surface area (Å²) in [4.78, 5) is 30.7. The third kappa shape index (κ3) is 3.58. The van der Waals surface area contributed by atoms with Crippen LogP contribution in [0.25, 0.3) is 0 Å². The van der Waals surface area contributed by atoms with Gasteiger partial charge in [0.05, 0.1) is 4.92 Å². The van der Waals surface area contributed by atoms with Gasteiger partial charge in [-0.1, -0.05) is 30.3 Å². The molecule has 0 bridgehead atoms. The van der Waals surface area contributed by atoms with Gasteiger partial charge in [0, 0.05) is 38.4 Å². The Balaban J connectivity index is 1.75. The summed E-state index contributed by atoms with van der Waals surface area (Å²) in [6, 6.07) is 11.9. The summed E-state index contributed by atoms with van der Waals surface area (Å²) < 4.78 is 0. The van der Waals surface area contributed by atoms with E-state index in [0.717, 1.165) is 5.56 Å². The van der Waals surface area contributed by atoms with Gasteiger partial charge in [-0.2, -0.15) is 0 Å². The molecule has 1 amide bonds. The van der Waals surface area contributed by atoms with E-state index in [1.54, 1.807) is 12.3 Å². The highest BCUT2D eigenvalue weighted by atomic mass is 16.6. The fraction of sp³-hybridized carbons (Fsp3) is 0.294. The van der Waals surface area contributed by atoms with E-state index >= 15 is 0 Å². The highest BCUT2D eigenvalue weighted by Gasteiger charge is 2.31. The predicted octanol–water partition coefficient (Wildman–Crippen LogP) is 1.34. The number of benzene rings is 1. The Labute approximate surface area is 145 Å². The number of nitrogens with two attached hydrogens (primary N) is 1. The Bertz CT molecular complexity index is 760. The molecule has 0 saturated carbocycles. The van der Waals surface area contributed by atoms with E-state index in [1.807, 2.05) is 40.1 Å². The monoisotopic (exact) mass is 341 g/mol. The molecule has 8 heteroatoms. The second-order valence-corrected chi connectivity index (χ2v) is 5.84. The first-order chi connectivity index (χ1) is 12.1. The van der Waals surface area contributed by atoms with Crippen molar-refractivity contribution in [3.8, 4) is 0 Å². The number of amides is 1. The van der Waals surface area contributed by atoms with Crippen LogP contribution in [-0.2, 0) is 4.79 Å². The van der Waals surface area contributed by atoms with E-state index in [4.69, 9.17) is 5.73 Å². The van der Waals surface area contributed by atoms with E-state index in [0.29, 0.717) is 32.0 Å². The van der Waals surface area contributed by atoms with Crippen molar-refractivity contribution in [1.29, 1.82) is 0 Å². The number of hydrogen-bond donors (Lipinski definition) is 1. The number of hydrogen-bond acceptors (Lipinski definition) is 6. The van der Waals surface area contributed by atoms with E-state index in [2.05, 4.69) is 4.98 Å². The molecule has 1 aromatic heterocycles. The second kappa shape index (κ2) is 7.27. The summed E-state index contributed by atoms with van der Waals surface area (Å²) in [5.74, 6) is -0.0362. The maximum atomic E-state index is 12.0. The van der Waals surface area contributed by atoms with Gasteiger partial charge < -0.3 is 10.6 Å². The third-order valence-electron chi connectivity index (χ3n) is 4.33. The Kier molecular flexibility index (Phi) is 4.90. The van der Waals surface area contributed by atoms with Crippen molar-refractivity contribution in [3.05, 3.63) is 64.3 Å². The summed E-state index contributed by atoms with van der Waals surface area (Å²) in [5.41, 5.74) is 6.46. The summed E-state index contributed by atoms with van der Waals surface area (Å²) in [5, 5.41) is 11.2. The maximum absolute atomic E-state index is 12.0. The van der Waals surface area contributed by atoms with Gasteiger partial charge in [0.15, 0.2) is 0 Å². The number of carbonyl (C=O) groups excluding carboxylic acids is 1. The van der Waals surface area contributed by atoms with Crippen molar-refractivity contribution < 1.29 is 9.72 Å². The molecule has 1 aromatic carbocycles. The number of pyridine rings is 1. The Morgan fingerprint density at radius 3 is 2.40 bits per heavy atom. The Morgan fingerprint density at radius 2 is 1.80 bits per heavy atom. The molecule has 8 nitrogen and oxygen atoms in total. The molecule has 0 aliphatic carbocycles. The van der Waals surface area contributed by atoms with Crippen LogP contribution in [0.5, 0.6) is 0 Å². The molecule has 1 atom stereocenters. The van der Waals surface area contributed by atoms with Gasteiger partial charge in [0.2, 0.25) is 11.7 Å². The van der Waals surface area contributed by atoms with Crippen molar-refractivity contribution in [3.63, 3.8) is 0 Å². The molecule has 0 radical (unpaired) electrons. The first-order valence-corrected chi connectivity index (χ1v) is 8.00. The number of anilines is 1. The fourth-order valence-corrected chi connectivity index (χ4v) is 3.16. The third-order valence-corrected chi connectivity index (χ3v) is 4.33. The van der Waals surface area contributed by atoms with Crippen LogP contribution in [0.1, 0.15) is 11.6 Å². The maximum Gasteiger partial charge on any atom is 0.311 e. The summed E-state index contributed by atoms with van der Waals surface area (Å²) >= 11 is 0. The number of primary amides is 1. The highest BCUT2D eigenvalue weighted by Crippen LogP contribution is 2.28. The van der Waals surface area contributed by atoms with Crippen LogP contribution in [0.4, 0.5) is 11.5 Å². The van der Waals surface area contributed by atoms with Crippen LogP contribution in [0.3, 0.4) is 0 Å². The van der Waals surface area contributed by atoms with E-state index in [-0.39, 0.29) is 5.69 Å². The lowest BCUT2D eigenvalue weighted by molar-refractivity contribution is -0.384. The van der Waals surface area contributed by atoms with Gasteiger partial charge >= 0.3 is 5.69 Å². The smallest absolute Gasteiger partial charge is 0.311 e. The molecule has 0 spiro atoms. The van der Waals surface area contributed by atoms with Crippen LogP contribution in [0.15, 0.2) is 48.7 Å². The molecule has 2 heterocycles. The van der Waals surface area contributed by atoms with Crippen molar-refractivity contribution in [2.45, 2.75) is 6.04 Å². The van der Waals surface area contributed by atoms with Crippen molar-refractivity contribution in [2.75, 3.05) is 31.1 Å². The van der Waals surface area contributed by atoms with E-state index in [1.165, 1.54) is 6.07 Å². The molecule has 25 heavy (non-hydrogen) atoms. The van der Waals surface area contributed by atoms with Crippen LogP contribution in [0.2, 0.25) is 0 Å². The molecule has 2 aromatic rings. The number of piperazine rings is 1. The predicted molar refractivity (Wildman–Crippen MR) is 93.1 cm³/mol. The minimum absolute atomic E-state index is 0.00883. The average Bonchev–Trinajstić information content (AvgIpc) is 2.63. The average molecular weight is 341 g/mol. The zero-order valence-electron chi connectivity index (χ0n) is 13.6. The number of nitrogens with zero attached hydrogens (tertiary/aromatic N) is 4. The van der Waals surface area contributed by atoms with Crippen molar-refractivity contribution >= 4 is 17.4 Å². The molecular formula is C17H19N5O3. The van der Waals surface area contributed by atoms with Crippen LogP contribution < -0.4 is 10.6 Å². The van der Waals surface area contributed by atoms with Gasteiger partial charge in [-0.05, 0) is 11.6 Å². The number of aromatic nitrogens is 1. The molecule has 3 rings (SSSR count). The standard InChI is InChI=1S/C17H19N5O3/c18-16(23)15(13-5-2-1-3-6-13)20-9-11-21(12-10-20)17-14(22(24)25)7-4-8-19-17/h1-8,15H,9-12H2,(H2,18,23)/t15-/m1/s1. The molecule has 1 aliphatic heterocycles. The molecule has 1 aliphatic rings. The fourth-order valence-electron chi connectivity index (χ4n) is 3.16. The van der Waals surface area contributed by atoms with Crippen LogP contribution in [-0.4, -0.2) is 46.9 Å². The van der Waals surface area contributed by atoms with Gasteiger partial charge in [-0.3, -0.25) is 19.8 Å². The van der Waals surface area contributed by atoms with Crippen LogP contribution in [0, 0.1) is 10.1 Å². The van der Waals surface area contributed by atoms with Gasteiger partial charge in [0.1, 0.15) is 6.04 Å². The minimum Gasteiger partial charge on any atom is -0.368 e. The summed E-state index contributed by atoms with van der Waals surface area (Å²) in [6.07, 6.45) is 1.55. The first-order valence-electron chi connectivity index (χ1n) is 8.00. The first kappa shape index (κ1) is 16.8. The molecular weight excluding hydrogens is 322 g/mol. The largest absolute Gasteiger partial charge is 0.368 e. The Hall–Kier alpha value is -3.00. The van der Waals surface area contributed by atoms with Gasteiger partial charge in [0.25, 0.3) is 0 Å². The second-order valence-electron chi connectivity index (χ2n) is 5.84. The van der Waals surface area contributed by atoms with Crippen LogP contribution >= 0.6 is 0 Å². The molecule has 1 saturated heterocycles. The quantitative estimate of drug-likeness (QED) is 0.650. The lowest BCUT2D eigenvalue weighted by atomic mass is 10.0. The van der Waals surface area contributed by atoms with Crippen molar-refractivity contribution in [2.24, 2.45) is 5.73 Å². The number of rotatable bonds is 5. The lowest BCUT2D eigenvalue weighted by Crippen LogP contribution is -2.50. The van der Waals surface area contributed by atoms with E-state index < -0.39 is 16.9 Å². The minimum atomic E-state index is -0.498. The van der Waals surface area contributed by atoms with Crippen molar-refractivity contribution in [1.82, 2.24) is 9.88 Å². The topological polar surface area (TPSA) is 106 Å². The van der Waals surface area contributed by atoms with E-state index in [9.17, 15) is 14.9 Å². The zero-order chi connectivity index (χ0) is 17.8. The molecule has 0 unspecified atom stereocenters. The Morgan fingerprint density at radius 1 is 1.12 bits per heavy atom. The number of carbonyl (C=O) groups is 1. The van der Waals surface area contributed by atoms with Gasteiger partial charge in [-0.15, -0.1) is 0 Å². The SMILES string of the molecule is NC(=O)[C@@H](c1ccccc1)N1CCN(c2ncccc2[N+](=O)[O-])CC1. The van der Waals surface area contributed by atoms with Gasteiger partial charge in [-0.25, -0.2) is 4.98 Å². The molecule has 1 fully saturated rings.